The first-order valence-corrected chi connectivity index (χ1v) is 9.07. The third-order valence-electron chi connectivity index (χ3n) is 4.91. The molecule has 0 amide bonds. The highest BCUT2D eigenvalue weighted by molar-refractivity contribution is 6.35. The average molecular weight is 405 g/mol. The number of ether oxygens (including phenoxy) is 2. The fourth-order valence-corrected chi connectivity index (χ4v) is 4.12. The maximum absolute atomic E-state index is 12.7. The Balaban J connectivity index is 2.07. The minimum atomic E-state index is -1.47. The Hall–Kier alpha value is -2.30. The second-order valence-electron chi connectivity index (χ2n) is 6.29. The van der Waals surface area contributed by atoms with Crippen molar-refractivity contribution in [2.75, 3.05) is 14.2 Å². The van der Waals surface area contributed by atoms with Crippen molar-refractivity contribution < 1.29 is 19.1 Å². The van der Waals surface area contributed by atoms with Gasteiger partial charge in [-0.15, -0.1) is 0 Å². The van der Waals surface area contributed by atoms with Gasteiger partial charge in [-0.2, -0.15) is 0 Å². The number of rotatable bonds is 5. The van der Waals surface area contributed by atoms with E-state index in [4.69, 9.17) is 32.7 Å². The lowest BCUT2D eigenvalue weighted by molar-refractivity contribution is -0.162. The number of benzene rings is 2. The topological polar surface area (TPSA) is 52.6 Å². The van der Waals surface area contributed by atoms with Crippen molar-refractivity contribution in [3.8, 4) is 0 Å². The van der Waals surface area contributed by atoms with Crippen LogP contribution in [-0.4, -0.2) is 26.2 Å². The van der Waals surface area contributed by atoms with Crippen molar-refractivity contribution in [2.45, 2.75) is 5.92 Å². The molecule has 1 saturated carbocycles. The van der Waals surface area contributed by atoms with Crippen LogP contribution in [0.2, 0.25) is 10.0 Å². The van der Waals surface area contributed by atoms with Gasteiger partial charge in [-0.05, 0) is 23.3 Å². The number of methoxy groups -OCH3 is 2. The summed E-state index contributed by atoms with van der Waals surface area (Å²) in [6, 6.07) is 14.6. The number of carbonyl (C=O) groups is 2. The number of carbonyl (C=O) groups excluding carboxylic acids is 2. The third kappa shape index (κ3) is 3.35. The molecular formula is C21H18Cl2O4. The molecule has 6 heteroatoms. The Bertz CT molecular complexity index is 876. The molecule has 140 valence electrons. The molecular weight excluding hydrogens is 387 g/mol. The zero-order valence-corrected chi connectivity index (χ0v) is 16.3. The smallest absolute Gasteiger partial charge is 0.324 e. The molecule has 3 rings (SSSR count). The molecule has 0 radical (unpaired) electrons. The number of esters is 2. The fraction of sp³-hybridized carbons (Fsp3) is 0.238. The van der Waals surface area contributed by atoms with E-state index in [2.05, 4.69) is 0 Å². The summed E-state index contributed by atoms with van der Waals surface area (Å²) in [5.41, 5.74) is 0.139. The zero-order chi connectivity index (χ0) is 19.6. The van der Waals surface area contributed by atoms with E-state index in [9.17, 15) is 9.59 Å². The molecule has 0 N–H and O–H groups in total. The lowest BCUT2D eigenvalue weighted by Gasteiger charge is -2.13. The summed E-state index contributed by atoms with van der Waals surface area (Å²) < 4.78 is 9.91. The van der Waals surface area contributed by atoms with E-state index in [1.165, 1.54) is 14.2 Å². The van der Waals surface area contributed by atoms with Gasteiger partial charge in [0, 0.05) is 21.9 Å². The number of hydrogen-bond donors (Lipinski definition) is 0. The van der Waals surface area contributed by atoms with Crippen molar-refractivity contribution in [1.29, 1.82) is 0 Å². The van der Waals surface area contributed by atoms with Crippen LogP contribution in [0.4, 0.5) is 0 Å². The van der Waals surface area contributed by atoms with Crippen molar-refractivity contribution in [3.05, 3.63) is 75.8 Å². The Morgan fingerprint density at radius 3 is 2.19 bits per heavy atom. The van der Waals surface area contributed by atoms with E-state index in [0.717, 1.165) is 5.56 Å². The largest absolute Gasteiger partial charge is 0.468 e. The summed E-state index contributed by atoms with van der Waals surface area (Å²) in [6.07, 6.45) is 3.70. The number of hydrogen-bond acceptors (Lipinski definition) is 4. The fourth-order valence-electron chi connectivity index (χ4n) is 3.60. The van der Waals surface area contributed by atoms with Crippen molar-refractivity contribution >= 4 is 41.2 Å². The van der Waals surface area contributed by atoms with E-state index in [1.54, 1.807) is 18.2 Å². The molecule has 1 fully saturated rings. The van der Waals surface area contributed by atoms with Crippen LogP contribution in [-0.2, 0) is 19.1 Å². The third-order valence-corrected chi connectivity index (χ3v) is 5.47. The van der Waals surface area contributed by atoms with Crippen LogP contribution in [0.3, 0.4) is 0 Å². The Kier molecular flexibility index (Phi) is 5.59. The van der Waals surface area contributed by atoms with Gasteiger partial charge in [-0.3, -0.25) is 9.59 Å². The van der Waals surface area contributed by atoms with Gasteiger partial charge < -0.3 is 9.47 Å². The molecule has 2 atom stereocenters. The molecule has 2 unspecified atom stereocenters. The highest BCUT2D eigenvalue weighted by Crippen LogP contribution is 2.68. The lowest BCUT2D eigenvalue weighted by Crippen LogP contribution is -2.31. The van der Waals surface area contributed by atoms with Crippen LogP contribution in [0.15, 0.2) is 54.6 Å². The van der Waals surface area contributed by atoms with Gasteiger partial charge in [-0.1, -0.05) is 71.8 Å². The second kappa shape index (κ2) is 7.75. The molecule has 0 aliphatic heterocycles. The van der Waals surface area contributed by atoms with Crippen molar-refractivity contribution in [2.24, 2.45) is 11.3 Å². The Morgan fingerprint density at radius 2 is 1.63 bits per heavy atom. The summed E-state index contributed by atoms with van der Waals surface area (Å²) >= 11 is 12.3. The highest BCUT2D eigenvalue weighted by Gasteiger charge is 2.76. The van der Waals surface area contributed by atoms with Crippen LogP contribution in [0, 0.1) is 11.3 Å². The monoisotopic (exact) mass is 404 g/mol. The van der Waals surface area contributed by atoms with Crippen molar-refractivity contribution in [1.82, 2.24) is 0 Å². The van der Waals surface area contributed by atoms with Gasteiger partial charge in [0.25, 0.3) is 0 Å². The molecule has 0 heterocycles. The molecule has 2 aromatic rings. The number of halogens is 2. The SMILES string of the molecule is COC(=O)C1(C(=O)OC)C(/C=C/c2ccccc2)C1c1ccc(Cl)cc1Cl. The van der Waals surface area contributed by atoms with E-state index in [0.29, 0.717) is 15.6 Å². The van der Waals surface area contributed by atoms with Gasteiger partial charge in [0.05, 0.1) is 14.2 Å². The predicted molar refractivity (Wildman–Crippen MR) is 105 cm³/mol. The zero-order valence-electron chi connectivity index (χ0n) is 14.8. The molecule has 27 heavy (non-hydrogen) atoms. The lowest BCUT2D eigenvalue weighted by atomic mass is 9.98. The normalized spacial score (nSPS) is 20.3. The molecule has 4 nitrogen and oxygen atoms in total. The van der Waals surface area contributed by atoms with E-state index < -0.39 is 29.2 Å². The summed E-state index contributed by atoms with van der Waals surface area (Å²) in [5.74, 6) is -2.24. The first-order valence-electron chi connectivity index (χ1n) is 8.31. The first kappa shape index (κ1) is 19.5. The minimum Gasteiger partial charge on any atom is -0.468 e. The standard InChI is InChI=1S/C21H18Cl2O4/c1-26-19(24)21(20(25)27-2)16(11-8-13-6-4-3-5-7-13)18(21)15-10-9-14(22)12-17(15)23/h3-12,16,18H,1-2H3/b11-8+. The molecule has 0 spiro atoms. The Labute approximate surface area is 167 Å². The number of allylic oxidation sites excluding steroid dienone is 1. The van der Waals surface area contributed by atoms with Crippen molar-refractivity contribution in [3.63, 3.8) is 0 Å². The van der Waals surface area contributed by atoms with Crippen LogP contribution in [0.1, 0.15) is 17.0 Å². The van der Waals surface area contributed by atoms with Crippen LogP contribution < -0.4 is 0 Å². The summed E-state index contributed by atoms with van der Waals surface area (Å²) in [7, 11) is 2.51. The maximum Gasteiger partial charge on any atom is 0.324 e. The van der Waals surface area contributed by atoms with Gasteiger partial charge in [-0.25, -0.2) is 0 Å². The summed E-state index contributed by atoms with van der Waals surface area (Å²) in [6.45, 7) is 0. The van der Waals surface area contributed by atoms with Gasteiger partial charge in [0.15, 0.2) is 5.41 Å². The van der Waals surface area contributed by atoms with Gasteiger partial charge >= 0.3 is 11.9 Å². The molecule has 0 bridgehead atoms. The van der Waals surface area contributed by atoms with Crippen LogP contribution in [0.25, 0.3) is 6.08 Å². The van der Waals surface area contributed by atoms with E-state index in [-0.39, 0.29) is 0 Å². The Morgan fingerprint density at radius 1 is 1.00 bits per heavy atom. The first-order chi connectivity index (χ1) is 13.0. The van der Waals surface area contributed by atoms with E-state index in [1.807, 2.05) is 42.5 Å². The maximum atomic E-state index is 12.7. The predicted octanol–water partition coefficient (Wildman–Crippen LogP) is 4.75. The molecule has 0 saturated heterocycles. The summed E-state index contributed by atoms with van der Waals surface area (Å²) in [5, 5.41) is 0.864. The van der Waals surface area contributed by atoms with Crippen LogP contribution in [0.5, 0.6) is 0 Å². The minimum absolute atomic E-state index is 0.389. The average Bonchev–Trinajstić information content (AvgIpc) is 3.35. The van der Waals surface area contributed by atoms with Gasteiger partial charge in [0.1, 0.15) is 0 Å². The van der Waals surface area contributed by atoms with Crippen LogP contribution >= 0.6 is 23.2 Å². The van der Waals surface area contributed by atoms with Gasteiger partial charge in [0.2, 0.25) is 0 Å². The molecule has 0 aromatic heterocycles. The quantitative estimate of drug-likeness (QED) is 0.532. The summed E-state index contributed by atoms with van der Waals surface area (Å²) in [4.78, 5) is 25.3. The highest BCUT2D eigenvalue weighted by atomic mass is 35.5. The second-order valence-corrected chi connectivity index (χ2v) is 7.13. The molecule has 1 aliphatic carbocycles. The molecule has 2 aromatic carbocycles. The van der Waals surface area contributed by atoms with E-state index >= 15 is 0 Å². The molecule has 1 aliphatic rings.